The topological polar surface area (TPSA) is 52.6 Å². The van der Waals surface area contributed by atoms with Crippen LogP contribution in [0, 0.1) is 11.8 Å². The van der Waals surface area contributed by atoms with Crippen LogP contribution in [0.15, 0.2) is 0 Å². The van der Waals surface area contributed by atoms with Gasteiger partial charge in [0.25, 0.3) is 0 Å². The van der Waals surface area contributed by atoms with Gasteiger partial charge >= 0.3 is 11.9 Å². The van der Waals surface area contributed by atoms with Crippen LogP contribution < -0.4 is 0 Å². The highest BCUT2D eigenvalue weighted by atomic mass is 16.5. The van der Waals surface area contributed by atoms with E-state index in [1.54, 1.807) is 0 Å². The number of hydrogen-bond donors (Lipinski definition) is 0. The molecule has 1 saturated carbocycles. The minimum absolute atomic E-state index is 0.0862. The average Bonchev–Trinajstić information content (AvgIpc) is 2.79. The summed E-state index contributed by atoms with van der Waals surface area (Å²) in [6.07, 6.45) is 21.1. The fraction of sp³-hybridized carbons (Fsp3) is 0.926. The van der Waals surface area contributed by atoms with Crippen molar-refractivity contribution in [2.24, 2.45) is 11.8 Å². The van der Waals surface area contributed by atoms with Gasteiger partial charge < -0.3 is 9.47 Å². The Balaban J connectivity index is 2.05. The summed E-state index contributed by atoms with van der Waals surface area (Å²) in [6.45, 7) is 6.66. The SMILES string of the molecule is CCCCCCCCCCCCCCCOC(=O)C1CCCCC1C(=O)OC(C)CC. The van der Waals surface area contributed by atoms with E-state index in [1.807, 2.05) is 13.8 Å². The molecular formula is C27H50O4. The van der Waals surface area contributed by atoms with E-state index in [4.69, 9.17) is 9.47 Å². The third-order valence-electron chi connectivity index (χ3n) is 6.76. The van der Waals surface area contributed by atoms with Crippen molar-refractivity contribution in [2.75, 3.05) is 6.61 Å². The number of hydrogen-bond acceptors (Lipinski definition) is 4. The largest absolute Gasteiger partial charge is 0.465 e. The van der Waals surface area contributed by atoms with Gasteiger partial charge in [-0.05, 0) is 32.6 Å². The number of carbonyl (C=O) groups excluding carboxylic acids is 2. The second kappa shape index (κ2) is 18.5. The molecule has 0 heterocycles. The van der Waals surface area contributed by atoms with E-state index in [9.17, 15) is 9.59 Å². The van der Waals surface area contributed by atoms with Crippen molar-refractivity contribution >= 4 is 11.9 Å². The Morgan fingerprint density at radius 2 is 1.16 bits per heavy atom. The first kappa shape index (κ1) is 28.0. The van der Waals surface area contributed by atoms with Crippen LogP contribution in [0.2, 0.25) is 0 Å². The first-order valence-corrected chi connectivity index (χ1v) is 13.5. The lowest BCUT2D eigenvalue weighted by Gasteiger charge is -2.29. The van der Waals surface area contributed by atoms with Gasteiger partial charge in [0.15, 0.2) is 0 Å². The van der Waals surface area contributed by atoms with Gasteiger partial charge in [-0.15, -0.1) is 0 Å². The molecule has 0 aromatic heterocycles. The van der Waals surface area contributed by atoms with Gasteiger partial charge in [0, 0.05) is 0 Å². The zero-order chi connectivity index (χ0) is 22.7. The molecule has 0 N–H and O–H groups in total. The molecule has 4 nitrogen and oxygen atoms in total. The smallest absolute Gasteiger partial charge is 0.310 e. The monoisotopic (exact) mass is 438 g/mol. The predicted molar refractivity (Wildman–Crippen MR) is 128 cm³/mol. The van der Waals surface area contributed by atoms with Gasteiger partial charge in [-0.2, -0.15) is 0 Å². The standard InChI is InChI=1S/C27H50O4/c1-4-6-7-8-9-10-11-12-13-14-15-16-19-22-30-26(28)24-20-17-18-21-25(24)27(29)31-23(3)5-2/h23-25H,4-22H2,1-3H3. The first-order valence-electron chi connectivity index (χ1n) is 13.5. The molecule has 3 unspecified atom stereocenters. The van der Waals surface area contributed by atoms with E-state index in [2.05, 4.69) is 6.92 Å². The van der Waals surface area contributed by atoms with E-state index in [0.717, 1.165) is 44.9 Å². The van der Waals surface area contributed by atoms with Crippen molar-refractivity contribution in [1.82, 2.24) is 0 Å². The lowest BCUT2D eigenvalue weighted by Crippen LogP contribution is -2.36. The molecule has 0 aliphatic heterocycles. The Morgan fingerprint density at radius 1 is 0.710 bits per heavy atom. The second-order valence-electron chi connectivity index (χ2n) is 9.56. The van der Waals surface area contributed by atoms with Gasteiger partial charge in [-0.3, -0.25) is 9.59 Å². The second-order valence-corrected chi connectivity index (χ2v) is 9.56. The summed E-state index contributed by atoms with van der Waals surface area (Å²) in [5, 5.41) is 0. The molecule has 31 heavy (non-hydrogen) atoms. The van der Waals surface area contributed by atoms with Crippen LogP contribution >= 0.6 is 0 Å². The number of rotatable bonds is 18. The van der Waals surface area contributed by atoms with Gasteiger partial charge in [0.1, 0.15) is 0 Å². The molecule has 182 valence electrons. The van der Waals surface area contributed by atoms with Crippen molar-refractivity contribution in [1.29, 1.82) is 0 Å². The highest BCUT2D eigenvalue weighted by Gasteiger charge is 2.38. The van der Waals surface area contributed by atoms with Crippen LogP contribution in [-0.2, 0) is 19.1 Å². The van der Waals surface area contributed by atoms with Gasteiger partial charge in [0.05, 0.1) is 24.5 Å². The Bertz CT molecular complexity index is 462. The third kappa shape index (κ3) is 13.2. The fourth-order valence-electron chi connectivity index (χ4n) is 4.46. The average molecular weight is 439 g/mol. The number of esters is 2. The molecule has 0 saturated heterocycles. The van der Waals surface area contributed by atoms with Crippen molar-refractivity contribution < 1.29 is 19.1 Å². The predicted octanol–water partition coefficient (Wildman–Crippen LogP) is 7.77. The molecule has 0 spiro atoms. The Labute approximate surface area is 192 Å². The quantitative estimate of drug-likeness (QED) is 0.162. The zero-order valence-electron chi connectivity index (χ0n) is 20.8. The summed E-state index contributed by atoms with van der Waals surface area (Å²) >= 11 is 0. The van der Waals surface area contributed by atoms with Gasteiger partial charge in [-0.25, -0.2) is 0 Å². The van der Waals surface area contributed by atoms with Gasteiger partial charge in [-0.1, -0.05) is 104 Å². The summed E-state index contributed by atoms with van der Waals surface area (Å²) in [7, 11) is 0. The molecule has 0 aromatic rings. The summed E-state index contributed by atoms with van der Waals surface area (Å²) in [4.78, 5) is 25.0. The lowest BCUT2D eigenvalue weighted by molar-refractivity contribution is -0.165. The molecule has 1 aliphatic carbocycles. The summed E-state index contributed by atoms with van der Waals surface area (Å²) < 4.78 is 11.0. The lowest BCUT2D eigenvalue weighted by atomic mass is 9.79. The molecule has 4 heteroatoms. The van der Waals surface area contributed by atoms with Crippen LogP contribution in [-0.4, -0.2) is 24.6 Å². The van der Waals surface area contributed by atoms with E-state index in [1.165, 1.54) is 70.6 Å². The first-order chi connectivity index (χ1) is 15.1. The minimum Gasteiger partial charge on any atom is -0.465 e. The van der Waals surface area contributed by atoms with Crippen molar-refractivity contribution in [3.63, 3.8) is 0 Å². The van der Waals surface area contributed by atoms with Crippen LogP contribution in [0.5, 0.6) is 0 Å². The third-order valence-corrected chi connectivity index (χ3v) is 6.76. The Morgan fingerprint density at radius 3 is 1.65 bits per heavy atom. The van der Waals surface area contributed by atoms with Crippen LogP contribution in [0.1, 0.15) is 136 Å². The zero-order valence-corrected chi connectivity index (χ0v) is 20.8. The molecular weight excluding hydrogens is 388 g/mol. The van der Waals surface area contributed by atoms with Crippen LogP contribution in [0.4, 0.5) is 0 Å². The molecule has 1 aliphatic rings. The fourth-order valence-corrected chi connectivity index (χ4v) is 4.46. The Kier molecular flexibility index (Phi) is 16.7. The minimum atomic E-state index is -0.318. The molecule has 1 rings (SSSR count). The van der Waals surface area contributed by atoms with Crippen LogP contribution in [0.25, 0.3) is 0 Å². The maximum Gasteiger partial charge on any atom is 0.310 e. The Hall–Kier alpha value is -1.06. The van der Waals surface area contributed by atoms with Crippen molar-refractivity contribution in [2.45, 2.75) is 142 Å². The number of unbranched alkanes of at least 4 members (excludes halogenated alkanes) is 12. The highest BCUT2D eigenvalue weighted by Crippen LogP contribution is 2.32. The van der Waals surface area contributed by atoms with E-state index in [0.29, 0.717) is 6.61 Å². The molecule has 3 atom stereocenters. The maximum absolute atomic E-state index is 12.6. The summed E-state index contributed by atoms with van der Waals surface area (Å²) in [6, 6.07) is 0. The highest BCUT2D eigenvalue weighted by molar-refractivity contribution is 5.82. The van der Waals surface area contributed by atoms with E-state index in [-0.39, 0.29) is 29.9 Å². The summed E-state index contributed by atoms with van der Waals surface area (Å²) in [5.41, 5.74) is 0. The van der Waals surface area contributed by atoms with Crippen LogP contribution in [0.3, 0.4) is 0 Å². The molecule has 0 aromatic carbocycles. The van der Waals surface area contributed by atoms with Crippen molar-refractivity contribution in [3.05, 3.63) is 0 Å². The van der Waals surface area contributed by atoms with E-state index >= 15 is 0 Å². The molecule has 0 bridgehead atoms. The molecule has 1 fully saturated rings. The maximum atomic E-state index is 12.6. The summed E-state index contributed by atoms with van der Waals surface area (Å²) in [5.74, 6) is -1.03. The normalized spacial score (nSPS) is 19.7. The van der Waals surface area contributed by atoms with E-state index < -0.39 is 0 Å². The molecule has 0 radical (unpaired) electrons. The molecule has 0 amide bonds. The van der Waals surface area contributed by atoms with Gasteiger partial charge in [0.2, 0.25) is 0 Å². The van der Waals surface area contributed by atoms with Crippen molar-refractivity contribution in [3.8, 4) is 0 Å². The number of carbonyl (C=O) groups is 2. The number of ether oxygens (including phenoxy) is 2.